The van der Waals surface area contributed by atoms with Crippen molar-refractivity contribution in [2.24, 2.45) is 0 Å². The van der Waals surface area contributed by atoms with Crippen LogP contribution in [0.15, 0.2) is 53.1 Å². The molecule has 0 radical (unpaired) electrons. The number of nitrogens with zero attached hydrogens (tertiary/aromatic N) is 5. The number of halogens is 2. The molecule has 1 saturated heterocycles. The number of rotatable bonds is 10. The maximum atomic E-state index is 9.95. The molecule has 3 aromatic heterocycles. The van der Waals surface area contributed by atoms with Crippen molar-refractivity contribution in [3.63, 3.8) is 0 Å². The van der Waals surface area contributed by atoms with E-state index in [0.29, 0.717) is 41.0 Å². The summed E-state index contributed by atoms with van der Waals surface area (Å²) < 4.78 is 19.4. The molecule has 0 spiro atoms. The van der Waals surface area contributed by atoms with Gasteiger partial charge in [0.1, 0.15) is 22.8 Å². The molecule has 2 aromatic carbocycles. The molecule has 50 heavy (non-hydrogen) atoms. The Morgan fingerprint density at radius 2 is 1.90 bits per heavy atom. The number of methoxy groups -OCH3 is 1. The Morgan fingerprint density at radius 1 is 1.12 bits per heavy atom. The van der Waals surface area contributed by atoms with Gasteiger partial charge in [-0.2, -0.15) is 10.2 Å². The number of oxazole rings is 1. The van der Waals surface area contributed by atoms with E-state index in [9.17, 15) is 20.6 Å². The number of aliphatic hydroxyl groups excluding tert-OH is 3. The zero-order valence-corrected chi connectivity index (χ0v) is 28.6. The first-order chi connectivity index (χ1) is 24.2. The van der Waals surface area contributed by atoms with Crippen molar-refractivity contribution in [3.8, 4) is 40.4 Å². The summed E-state index contributed by atoms with van der Waals surface area (Å²) in [5, 5.41) is 48.4. The summed E-state index contributed by atoms with van der Waals surface area (Å²) in [6.45, 7) is 1.36. The van der Waals surface area contributed by atoms with E-state index in [1.54, 1.807) is 13.2 Å². The van der Waals surface area contributed by atoms with Crippen LogP contribution in [0.5, 0.6) is 11.8 Å². The molecule has 0 amide bonds. The third kappa shape index (κ3) is 6.33. The molecule has 0 bridgehead atoms. The van der Waals surface area contributed by atoms with Gasteiger partial charge >= 0.3 is 0 Å². The van der Waals surface area contributed by atoms with Crippen LogP contribution < -0.4 is 15.0 Å². The molecule has 1 aliphatic heterocycles. The Kier molecular flexibility index (Phi) is 9.54. The molecule has 4 N–H and O–H groups in total. The van der Waals surface area contributed by atoms with Crippen LogP contribution in [0.3, 0.4) is 0 Å². The van der Waals surface area contributed by atoms with Gasteiger partial charge in [0.05, 0.1) is 43.1 Å². The largest absolute Gasteiger partial charge is 0.481 e. The molecular weight excluding hydrogens is 683 g/mol. The molecule has 1 aliphatic carbocycles. The first-order valence-electron chi connectivity index (χ1n) is 16.2. The number of aromatic nitrogens is 3. The van der Waals surface area contributed by atoms with Crippen LogP contribution >= 0.6 is 23.2 Å². The second kappa shape index (κ2) is 14.0. The van der Waals surface area contributed by atoms with Crippen molar-refractivity contribution >= 4 is 34.3 Å². The van der Waals surface area contributed by atoms with Gasteiger partial charge in [-0.25, -0.2) is 4.98 Å². The van der Waals surface area contributed by atoms with Gasteiger partial charge in [0.2, 0.25) is 17.7 Å². The minimum absolute atomic E-state index is 0.0750. The lowest BCUT2D eigenvalue weighted by atomic mass is 9.95. The minimum Gasteiger partial charge on any atom is -0.481 e. The van der Waals surface area contributed by atoms with E-state index in [4.69, 9.17) is 42.5 Å². The zero-order chi connectivity index (χ0) is 35.1. The summed E-state index contributed by atoms with van der Waals surface area (Å²) >= 11 is 13.8. The third-order valence-corrected chi connectivity index (χ3v) is 9.89. The highest BCUT2D eigenvalue weighted by molar-refractivity contribution is 6.36. The quantitative estimate of drug-likeness (QED) is 0.154. The summed E-state index contributed by atoms with van der Waals surface area (Å²) in [5.74, 6) is 0.855. The van der Waals surface area contributed by atoms with E-state index in [1.165, 1.54) is 10.8 Å². The van der Waals surface area contributed by atoms with Gasteiger partial charge in [-0.1, -0.05) is 53.5 Å². The Labute approximate surface area is 297 Å². The molecule has 3 atom stereocenters. The standard InChI is InChI=1S/C36H34Cl2N6O6/c1-48-34-19(14-43-11-10-21(46)16-43)12-28(37)36(42-34)49-29-9-8-24-23(4-2-5-25(24)29)26-6-3-7-27(30(26)38)35-41-31-32(50-35)20(13-39)15-44(33(31)40)17-22(47)18-45/h2-7,12,15,21-22,29,40,45-47H,8-11,14,16-18H2,1H3/t21-,22?,29+/m1/s1. The maximum absolute atomic E-state index is 9.95. The number of fused-ring (bicyclic) bond motifs is 2. The fourth-order valence-corrected chi connectivity index (χ4v) is 7.32. The number of likely N-dealkylation sites (tertiary alicyclic amines) is 1. The number of ether oxygens (including phenoxy) is 2. The van der Waals surface area contributed by atoms with Gasteiger partial charge in [-0.05, 0) is 48.1 Å². The molecule has 14 heteroatoms. The summed E-state index contributed by atoms with van der Waals surface area (Å²) in [4.78, 5) is 11.3. The SMILES string of the molecule is COc1nc(O[C@H]2CCc3c(-c4cccc(-c5nc6c(=N)n(CC(O)CO)cc(C#N)c6o5)c4Cl)cccc32)c(Cl)cc1CN1CC[C@@H](O)C1. The van der Waals surface area contributed by atoms with Crippen molar-refractivity contribution in [1.82, 2.24) is 19.4 Å². The molecule has 258 valence electrons. The molecule has 7 rings (SSSR count). The lowest BCUT2D eigenvalue weighted by Crippen LogP contribution is -2.28. The number of pyridine rings is 2. The van der Waals surface area contributed by atoms with Crippen LogP contribution in [0.4, 0.5) is 0 Å². The molecular formula is C36H34Cl2N6O6. The molecule has 12 nitrogen and oxygen atoms in total. The lowest BCUT2D eigenvalue weighted by molar-refractivity contribution is 0.0802. The van der Waals surface area contributed by atoms with Gasteiger partial charge in [0, 0.05) is 37.0 Å². The van der Waals surface area contributed by atoms with Gasteiger partial charge in [0.15, 0.2) is 16.6 Å². The van der Waals surface area contributed by atoms with Crippen molar-refractivity contribution in [2.45, 2.75) is 50.7 Å². The van der Waals surface area contributed by atoms with Gasteiger partial charge in [0.25, 0.3) is 0 Å². The van der Waals surface area contributed by atoms with Gasteiger partial charge < -0.3 is 33.8 Å². The van der Waals surface area contributed by atoms with Gasteiger partial charge in [-0.3, -0.25) is 10.3 Å². The monoisotopic (exact) mass is 716 g/mol. The van der Waals surface area contributed by atoms with E-state index in [-0.39, 0.29) is 52.7 Å². The Morgan fingerprint density at radius 3 is 2.64 bits per heavy atom. The molecule has 0 saturated carbocycles. The lowest BCUT2D eigenvalue weighted by Gasteiger charge is -2.20. The second-order valence-electron chi connectivity index (χ2n) is 12.5. The number of β-amino-alcohol motifs (C(OH)–C–C–N with tert-alkyl or cyclic N) is 1. The first kappa shape index (κ1) is 34.0. The van der Waals surface area contributed by atoms with Crippen LogP contribution in [0, 0.1) is 16.7 Å². The van der Waals surface area contributed by atoms with E-state index in [1.807, 2.05) is 36.4 Å². The number of nitriles is 1. The average molecular weight is 718 g/mol. The average Bonchev–Trinajstić information content (AvgIpc) is 3.86. The number of hydrogen-bond acceptors (Lipinski definition) is 11. The van der Waals surface area contributed by atoms with Crippen molar-refractivity contribution < 1.29 is 29.2 Å². The Bertz CT molecular complexity index is 2200. The van der Waals surface area contributed by atoms with E-state index < -0.39 is 12.7 Å². The summed E-state index contributed by atoms with van der Waals surface area (Å²) in [5.41, 5.74) is 5.38. The third-order valence-electron chi connectivity index (χ3n) is 9.21. The Hall–Kier alpha value is -4.48. The summed E-state index contributed by atoms with van der Waals surface area (Å²) in [6.07, 6.45) is 1.79. The van der Waals surface area contributed by atoms with E-state index in [2.05, 4.69) is 20.9 Å². The summed E-state index contributed by atoms with van der Waals surface area (Å²) in [7, 11) is 1.56. The van der Waals surface area contributed by atoms with Crippen LogP contribution in [-0.2, 0) is 19.5 Å². The number of benzene rings is 2. The van der Waals surface area contributed by atoms with Crippen LogP contribution in [0.1, 0.15) is 41.2 Å². The Balaban J connectivity index is 1.19. The van der Waals surface area contributed by atoms with Gasteiger partial charge in [-0.15, -0.1) is 0 Å². The number of aliphatic hydroxyl groups is 3. The summed E-state index contributed by atoms with van der Waals surface area (Å²) in [6, 6.07) is 15.4. The molecule has 2 aliphatic rings. The van der Waals surface area contributed by atoms with Crippen LogP contribution in [0.25, 0.3) is 33.7 Å². The minimum atomic E-state index is -1.11. The van der Waals surface area contributed by atoms with Crippen LogP contribution in [-0.4, -0.2) is 73.8 Å². The predicted molar refractivity (Wildman–Crippen MR) is 185 cm³/mol. The topological polar surface area (TPSA) is 174 Å². The highest BCUT2D eigenvalue weighted by Crippen LogP contribution is 2.45. The smallest absolute Gasteiger partial charge is 0.236 e. The predicted octanol–water partition coefficient (Wildman–Crippen LogP) is 5.01. The molecule has 4 heterocycles. The van der Waals surface area contributed by atoms with Crippen molar-refractivity contribution in [2.75, 3.05) is 26.8 Å². The molecule has 1 unspecified atom stereocenters. The van der Waals surface area contributed by atoms with Crippen molar-refractivity contribution in [3.05, 3.63) is 86.4 Å². The zero-order valence-electron chi connectivity index (χ0n) is 27.1. The highest BCUT2D eigenvalue weighted by Gasteiger charge is 2.30. The fourth-order valence-electron chi connectivity index (χ4n) is 6.80. The second-order valence-corrected chi connectivity index (χ2v) is 13.3. The number of nitrogens with one attached hydrogen (secondary N) is 1. The van der Waals surface area contributed by atoms with E-state index in [0.717, 1.165) is 47.2 Å². The molecule has 1 fully saturated rings. The van der Waals surface area contributed by atoms with Crippen LogP contribution in [0.2, 0.25) is 10.0 Å². The number of hydrogen-bond donors (Lipinski definition) is 4. The fraction of sp³-hybridized carbons (Fsp3) is 0.333. The molecule has 5 aromatic rings. The normalized spacial score (nSPS) is 17.9. The van der Waals surface area contributed by atoms with Crippen molar-refractivity contribution in [1.29, 1.82) is 10.7 Å². The first-order valence-corrected chi connectivity index (χ1v) is 16.9. The highest BCUT2D eigenvalue weighted by atomic mass is 35.5. The maximum Gasteiger partial charge on any atom is 0.236 e. The van der Waals surface area contributed by atoms with E-state index >= 15 is 0 Å².